The van der Waals surface area contributed by atoms with E-state index in [1.807, 2.05) is 77.4 Å². The van der Waals surface area contributed by atoms with E-state index in [1.165, 1.54) is 6.07 Å². The van der Waals surface area contributed by atoms with Crippen molar-refractivity contribution in [2.75, 3.05) is 0 Å². The molecule has 12 rings (SSSR count). The summed E-state index contributed by atoms with van der Waals surface area (Å²) in [5.74, 6) is 0. The smallest absolute Gasteiger partial charge is 0.309 e. The molecule has 0 saturated heterocycles. The van der Waals surface area contributed by atoms with Crippen LogP contribution in [-0.4, -0.2) is 9.13 Å². The van der Waals surface area contributed by atoms with Gasteiger partial charge in [0.2, 0.25) is 0 Å². The number of halogens is 6. The molecule has 0 amide bonds. The van der Waals surface area contributed by atoms with E-state index in [0.29, 0.717) is 128 Å². The maximum atomic E-state index is 15.7. The molecule has 0 aliphatic heterocycles. The molecule has 10 aromatic carbocycles. The number of hydrogen-bond acceptors (Lipinski definition) is 4. The van der Waals surface area contributed by atoms with E-state index in [-0.39, 0.29) is 16.9 Å². The van der Waals surface area contributed by atoms with Crippen molar-refractivity contribution in [2.45, 2.75) is 19.3 Å². The first-order valence-electron chi connectivity index (χ1n) is 24.8. The third-order valence-corrected chi connectivity index (χ3v) is 14.7. The molecule has 0 aliphatic rings. The Bertz CT molecular complexity index is 4460. The summed E-state index contributed by atoms with van der Waals surface area (Å²) >= 11 is 0. The highest BCUT2D eigenvalue weighted by Gasteiger charge is 2.42. The van der Waals surface area contributed by atoms with Gasteiger partial charge in [0, 0.05) is 38.4 Å². The van der Waals surface area contributed by atoms with Crippen molar-refractivity contribution in [2.24, 2.45) is 0 Å². The normalized spacial score (nSPS) is 11.7. The van der Waals surface area contributed by atoms with Crippen molar-refractivity contribution in [1.82, 2.24) is 9.13 Å². The van der Waals surface area contributed by atoms with E-state index >= 15 is 26.3 Å². The van der Waals surface area contributed by atoms with E-state index < -0.39 is 29.0 Å². The van der Waals surface area contributed by atoms with Gasteiger partial charge in [0.25, 0.3) is 0 Å². The van der Waals surface area contributed by atoms with Gasteiger partial charge in [-0.25, -0.2) is 0 Å². The van der Waals surface area contributed by atoms with Crippen LogP contribution in [0.4, 0.5) is 26.3 Å². The van der Waals surface area contributed by atoms with Crippen LogP contribution in [0.15, 0.2) is 200 Å². The van der Waals surface area contributed by atoms with Gasteiger partial charge >= 0.3 is 12.4 Å². The summed E-state index contributed by atoms with van der Waals surface area (Å²) in [6.45, 7) is 1.76. The van der Waals surface area contributed by atoms with Crippen molar-refractivity contribution in [1.29, 1.82) is 21.0 Å². The zero-order valence-corrected chi connectivity index (χ0v) is 41.5. The molecule has 2 heterocycles. The number of benzene rings is 10. The first kappa shape index (κ1) is 49.2. The monoisotopic (exact) mass is 1040 g/mol. The summed E-state index contributed by atoms with van der Waals surface area (Å²) < 4.78 is 97.6. The van der Waals surface area contributed by atoms with Gasteiger partial charge in [0.05, 0.1) is 85.4 Å². The molecule has 0 atom stereocenters. The lowest BCUT2D eigenvalue weighted by Crippen LogP contribution is -2.15. The van der Waals surface area contributed by atoms with Gasteiger partial charge in [-0.2, -0.15) is 47.4 Å². The Labute approximate surface area is 448 Å². The summed E-state index contributed by atoms with van der Waals surface area (Å²) in [6, 6.07) is 64.3. The van der Waals surface area contributed by atoms with Crippen molar-refractivity contribution >= 4 is 43.6 Å². The predicted molar refractivity (Wildman–Crippen MR) is 296 cm³/mol. The van der Waals surface area contributed by atoms with Gasteiger partial charge in [-0.3, -0.25) is 0 Å². The number of alkyl halides is 6. The maximum absolute atomic E-state index is 15.7. The van der Waals surface area contributed by atoms with Crippen molar-refractivity contribution < 1.29 is 26.3 Å². The fraction of sp³-hybridized carbons (Fsp3) is 0.0448. The second-order valence-corrected chi connectivity index (χ2v) is 19.1. The van der Waals surface area contributed by atoms with Crippen LogP contribution in [0.2, 0.25) is 0 Å². The largest absolute Gasteiger partial charge is 0.417 e. The first-order chi connectivity index (χ1) is 38.2. The summed E-state index contributed by atoms with van der Waals surface area (Å²) in [4.78, 5) is 0. The quantitative estimate of drug-likeness (QED) is 0.148. The molecule has 79 heavy (non-hydrogen) atoms. The Kier molecular flexibility index (Phi) is 11.8. The maximum Gasteiger partial charge on any atom is 0.417 e. The van der Waals surface area contributed by atoms with Crippen LogP contribution in [-0.2, 0) is 12.4 Å². The second-order valence-electron chi connectivity index (χ2n) is 19.1. The minimum absolute atomic E-state index is 0.0189. The lowest BCUT2D eigenvalue weighted by molar-refractivity contribution is -0.142. The van der Waals surface area contributed by atoms with E-state index in [9.17, 15) is 21.0 Å². The Morgan fingerprint density at radius 2 is 0.633 bits per heavy atom. The van der Waals surface area contributed by atoms with Gasteiger partial charge in [0.1, 0.15) is 0 Å². The molecule has 0 unspecified atom stereocenters. The molecule has 0 aliphatic carbocycles. The number of rotatable bonds is 7. The fourth-order valence-corrected chi connectivity index (χ4v) is 11.2. The zero-order valence-electron chi connectivity index (χ0n) is 41.5. The van der Waals surface area contributed by atoms with Crippen molar-refractivity contribution in [3.63, 3.8) is 0 Å². The third kappa shape index (κ3) is 8.19. The van der Waals surface area contributed by atoms with Crippen molar-refractivity contribution in [3.05, 3.63) is 239 Å². The third-order valence-electron chi connectivity index (χ3n) is 14.7. The number of nitrogens with zero attached hydrogens (tertiary/aromatic N) is 6. The van der Waals surface area contributed by atoms with Crippen LogP contribution in [0.3, 0.4) is 0 Å². The SMILES string of the molecule is Cc1cc(-n2c3ccc(-c4ccccc4C#N)cc3c3cc(-c4ccccc4C#N)ccc32)c(-c2c(C(F)(F)F)cccc2C(F)(F)F)cc1-n1c2ccc(-c3ccccc3C#N)cc2c2cc(-c3ccccc3C#N)ccc21. The summed E-state index contributed by atoms with van der Waals surface area (Å²) in [5.41, 5.74) is 5.21. The lowest BCUT2D eigenvalue weighted by Gasteiger charge is -2.24. The molecular formula is C67H36F6N6. The second kappa shape index (κ2) is 18.9. The molecule has 0 fully saturated rings. The van der Waals surface area contributed by atoms with Crippen LogP contribution in [0.1, 0.15) is 38.9 Å². The standard InChI is InChI=1S/C67H36F6N6/c1-39-29-64(79-61-27-23-42(50-17-8-4-13-46(50)37-76)32-54(61)55-33-43(24-28-62(55)79)51-18-9-5-14-47(51)38-77)56(65-57(66(68,69)70)19-10-20-58(65)67(71,72)73)34-63(39)78-59-25-21-40(48-15-6-2-11-44(48)35-74)30-52(59)53-31-41(22-26-60(53)78)49-16-7-3-12-45(49)36-75/h2-34H,1H3. The van der Waals surface area contributed by atoms with Crippen LogP contribution in [0, 0.1) is 52.2 Å². The average Bonchev–Trinajstić information content (AvgIpc) is 4.23. The Morgan fingerprint density at radius 3 is 0.937 bits per heavy atom. The highest BCUT2D eigenvalue weighted by molar-refractivity contribution is 6.14. The van der Waals surface area contributed by atoms with Crippen LogP contribution >= 0.6 is 0 Å². The lowest BCUT2D eigenvalue weighted by atomic mass is 9.90. The van der Waals surface area contributed by atoms with Crippen LogP contribution in [0.5, 0.6) is 0 Å². The van der Waals surface area contributed by atoms with Gasteiger partial charge in [0.15, 0.2) is 0 Å². The molecule has 6 nitrogen and oxygen atoms in total. The Morgan fingerprint density at radius 1 is 0.329 bits per heavy atom. The van der Waals surface area contributed by atoms with E-state index in [4.69, 9.17) is 0 Å². The Balaban J connectivity index is 1.21. The first-order valence-corrected chi connectivity index (χ1v) is 24.8. The van der Waals surface area contributed by atoms with Gasteiger partial charge < -0.3 is 9.13 Å². The molecule has 2 aromatic heterocycles. The summed E-state index contributed by atoms with van der Waals surface area (Å²) in [7, 11) is 0. The summed E-state index contributed by atoms with van der Waals surface area (Å²) in [6.07, 6.45) is -10.5. The molecule has 0 radical (unpaired) electrons. The van der Waals surface area contributed by atoms with E-state index in [2.05, 4.69) is 24.3 Å². The number of aryl methyl sites for hydroxylation is 1. The molecule has 376 valence electrons. The number of nitriles is 4. The Hall–Kier alpha value is -10.7. The number of aromatic nitrogens is 2. The fourth-order valence-electron chi connectivity index (χ4n) is 11.2. The minimum atomic E-state index is -5.26. The average molecular weight is 1040 g/mol. The van der Waals surface area contributed by atoms with Gasteiger partial charge in [-0.15, -0.1) is 0 Å². The van der Waals surface area contributed by atoms with Crippen LogP contribution < -0.4 is 0 Å². The minimum Gasteiger partial charge on any atom is -0.309 e. The zero-order chi connectivity index (χ0) is 54.9. The van der Waals surface area contributed by atoms with Gasteiger partial charge in [-0.1, -0.05) is 103 Å². The number of hydrogen-bond donors (Lipinski definition) is 0. The highest BCUT2D eigenvalue weighted by Crippen LogP contribution is 2.50. The van der Waals surface area contributed by atoms with Crippen molar-refractivity contribution in [3.8, 4) is 91.3 Å². The molecule has 0 N–H and O–H groups in total. The molecular weight excluding hydrogens is 1000 g/mol. The van der Waals surface area contributed by atoms with Gasteiger partial charge in [-0.05, 0) is 154 Å². The molecule has 0 saturated carbocycles. The van der Waals surface area contributed by atoms with E-state index in [1.54, 1.807) is 115 Å². The van der Waals surface area contributed by atoms with E-state index in [0.717, 1.165) is 6.07 Å². The van der Waals surface area contributed by atoms with Crippen LogP contribution in [0.25, 0.3) is 111 Å². The molecule has 12 heteroatoms. The molecule has 0 bridgehead atoms. The predicted octanol–water partition coefficient (Wildman–Crippen LogP) is 18.0. The summed E-state index contributed by atoms with van der Waals surface area (Å²) in [5, 5.41) is 43.1. The molecule has 0 spiro atoms. The number of fused-ring (bicyclic) bond motifs is 6. The highest BCUT2D eigenvalue weighted by atomic mass is 19.4. The topological polar surface area (TPSA) is 105 Å². The molecule has 12 aromatic rings.